The fourth-order valence-electron chi connectivity index (χ4n) is 2.40. The van der Waals surface area contributed by atoms with E-state index in [1.54, 1.807) is 49.4 Å². The Morgan fingerprint density at radius 3 is 2.67 bits per heavy atom. The van der Waals surface area contributed by atoms with Gasteiger partial charge in [0, 0.05) is 5.56 Å². The van der Waals surface area contributed by atoms with Crippen molar-refractivity contribution in [2.24, 2.45) is 5.10 Å². The second-order valence-electron chi connectivity index (χ2n) is 5.12. The number of methoxy groups -OCH3 is 1. The first-order chi connectivity index (χ1) is 11.6. The van der Waals surface area contributed by atoms with Crippen molar-refractivity contribution in [3.63, 3.8) is 0 Å². The number of ether oxygens (including phenoxy) is 1. The summed E-state index contributed by atoms with van der Waals surface area (Å²) < 4.78 is 5.97. The number of esters is 1. The van der Waals surface area contributed by atoms with Crippen LogP contribution in [0.3, 0.4) is 0 Å². The van der Waals surface area contributed by atoms with Crippen molar-refractivity contribution >= 4 is 23.1 Å². The molecule has 0 aliphatic heterocycles. The molecule has 24 heavy (non-hydrogen) atoms. The second-order valence-corrected chi connectivity index (χ2v) is 5.12. The van der Waals surface area contributed by atoms with E-state index in [0.29, 0.717) is 27.9 Å². The molecule has 0 unspecified atom stereocenters. The minimum atomic E-state index is -0.460. The Kier molecular flexibility index (Phi) is 4.20. The molecule has 0 aliphatic carbocycles. The highest BCUT2D eigenvalue weighted by Gasteiger charge is 2.10. The van der Waals surface area contributed by atoms with Crippen LogP contribution in [0.5, 0.6) is 0 Å². The number of fused-ring (bicyclic) bond motifs is 1. The van der Waals surface area contributed by atoms with Crippen molar-refractivity contribution in [1.29, 1.82) is 0 Å². The predicted octanol–water partition coefficient (Wildman–Crippen LogP) is 2.37. The van der Waals surface area contributed by atoms with Gasteiger partial charge in [0.2, 0.25) is 0 Å². The van der Waals surface area contributed by atoms with Gasteiger partial charge in [0.25, 0.3) is 5.56 Å². The van der Waals surface area contributed by atoms with Crippen LogP contribution in [0.1, 0.15) is 21.7 Å². The highest BCUT2D eigenvalue weighted by molar-refractivity contribution is 5.99. The van der Waals surface area contributed by atoms with Crippen LogP contribution in [-0.2, 0) is 4.74 Å². The third kappa shape index (κ3) is 2.81. The first-order valence-electron chi connectivity index (χ1n) is 7.32. The molecule has 0 bridgehead atoms. The van der Waals surface area contributed by atoms with Crippen LogP contribution in [-0.4, -0.2) is 29.0 Å². The summed E-state index contributed by atoms with van der Waals surface area (Å²) in [5.41, 5.74) is 1.30. The quantitative estimate of drug-likeness (QED) is 0.548. The van der Waals surface area contributed by atoms with Gasteiger partial charge < -0.3 is 4.74 Å². The van der Waals surface area contributed by atoms with Gasteiger partial charge in [0.15, 0.2) is 0 Å². The molecule has 2 aromatic carbocycles. The SMILES string of the molecule is COC(=O)c1ccccc1/C=N\n1c(C)nc2ccccc2c1=O. The molecule has 0 fully saturated rings. The van der Waals surface area contributed by atoms with Crippen molar-refractivity contribution in [2.45, 2.75) is 6.92 Å². The molecule has 120 valence electrons. The van der Waals surface area contributed by atoms with Gasteiger partial charge in [-0.3, -0.25) is 4.79 Å². The van der Waals surface area contributed by atoms with Gasteiger partial charge in [-0.1, -0.05) is 30.3 Å². The number of aromatic nitrogens is 2. The van der Waals surface area contributed by atoms with Crippen LogP contribution in [0.4, 0.5) is 0 Å². The number of hydrogen-bond acceptors (Lipinski definition) is 5. The van der Waals surface area contributed by atoms with E-state index in [0.717, 1.165) is 0 Å². The fraction of sp³-hybridized carbons (Fsp3) is 0.111. The number of hydrogen-bond donors (Lipinski definition) is 0. The number of aryl methyl sites for hydroxylation is 1. The standard InChI is InChI=1S/C18H15N3O3/c1-12-20-16-10-6-5-9-15(16)17(22)21(12)19-11-13-7-3-4-8-14(13)18(23)24-2/h3-11H,1-2H3/b19-11-. The Morgan fingerprint density at radius 1 is 1.17 bits per heavy atom. The maximum absolute atomic E-state index is 12.6. The maximum Gasteiger partial charge on any atom is 0.338 e. The lowest BCUT2D eigenvalue weighted by molar-refractivity contribution is 0.0600. The van der Waals surface area contributed by atoms with E-state index >= 15 is 0 Å². The molecule has 0 amide bonds. The molecule has 1 aromatic heterocycles. The summed E-state index contributed by atoms with van der Waals surface area (Å²) in [4.78, 5) is 28.7. The molecule has 0 saturated carbocycles. The minimum Gasteiger partial charge on any atom is -0.465 e. The van der Waals surface area contributed by atoms with Gasteiger partial charge in [-0.15, -0.1) is 0 Å². The highest BCUT2D eigenvalue weighted by Crippen LogP contribution is 2.09. The second kappa shape index (κ2) is 6.45. The number of carbonyl (C=O) groups excluding carboxylic acids is 1. The van der Waals surface area contributed by atoms with E-state index in [2.05, 4.69) is 10.1 Å². The van der Waals surface area contributed by atoms with E-state index in [1.165, 1.54) is 18.0 Å². The van der Waals surface area contributed by atoms with Crippen molar-refractivity contribution < 1.29 is 9.53 Å². The van der Waals surface area contributed by atoms with Crippen molar-refractivity contribution in [1.82, 2.24) is 9.66 Å². The number of carbonyl (C=O) groups is 1. The van der Waals surface area contributed by atoms with Gasteiger partial charge in [0.1, 0.15) is 5.82 Å². The normalized spacial score (nSPS) is 11.1. The monoisotopic (exact) mass is 321 g/mol. The first kappa shape index (κ1) is 15.6. The van der Waals surface area contributed by atoms with Crippen LogP contribution in [0.25, 0.3) is 10.9 Å². The Hall–Kier alpha value is -3.28. The average molecular weight is 321 g/mol. The van der Waals surface area contributed by atoms with Crippen LogP contribution in [0.15, 0.2) is 58.4 Å². The number of nitrogens with zero attached hydrogens (tertiary/aromatic N) is 3. The lowest BCUT2D eigenvalue weighted by Crippen LogP contribution is -2.20. The van der Waals surface area contributed by atoms with Crippen LogP contribution in [0.2, 0.25) is 0 Å². The minimum absolute atomic E-state index is 0.259. The molecule has 0 radical (unpaired) electrons. The van der Waals surface area contributed by atoms with E-state index in [4.69, 9.17) is 4.74 Å². The Bertz CT molecular complexity index is 1010. The molecule has 6 nitrogen and oxygen atoms in total. The van der Waals surface area contributed by atoms with Crippen LogP contribution < -0.4 is 5.56 Å². The largest absolute Gasteiger partial charge is 0.465 e. The van der Waals surface area contributed by atoms with E-state index < -0.39 is 5.97 Å². The van der Waals surface area contributed by atoms with Gasteiger partial charge in [-0.05, 0) is 25.1 Å². The summed E-state index contributed by atoms with van der Waals surface area (Å²) in [7, 11) is 1.32. The van der Waals surface area contributed by atoms with E-state index in [9.17, 15) is 9.59 Å². The molecular formula is C18H15N3O3. The average Bonchev–Trinajstić information content (AvgIpc) is 2.61. The summed E-state index contributed by atoms with van der Waals surface area (Å²) in [5.74, 6) is 0.00301. The molecule has 0 saturated heterocycles. The Labute approximate surface area is 138 Å². The predicted molar refractivity (Wildman–Crippen MR) is 91.5 cm³/mol. The molecule has 0 aliphatic rings. The first-order valence-corrected chi connectivity index (χ1v) is 7.32. The summed E-state index contributed by atoms with van der Waals surface area (Å²) >= 11 is 0. The van der Waals surface area contributed by atoms with E-state index in [1.807, 2.05) is 6.07 Å². The molecular weight excluding hydrogens is 306 g/mol. The van der Waals surface area contributed by atoms with Crippen molar-refractivity contribution in [2.75, 3.05) is 7.11 Å². The maximum atomic E-state index is 12.6. The zero-order valence-electron chi connectivity index (χ0n) is 13.3. The molecule has 3 rings (SSSR count). The van der Waals surface area contributed by atoms with Crippen molar-refractivity contribution in [3.05, 3.63) is 75.8 Å². The molecule has 6 heteroatoms. The number of benzene rings is 2. The van der Waals surface area contributed by atoms with Gasteiger partial charge in [0.05, 0.1) is 29.8 Å². The summed E-state index contributed by atoms with van der Waals surface area (Å²) in [6.45, 7) is 1.71. The number of para-hydroxylation sites is 1. The molecule has 0 atom stereocenters. The van der Waals surface area contributed by atoms with E-state index in [-0.39, 0.29) is 5.56 Å². The van der Waals surface area contributed by atoms with Gasteiger partial charge in [-0.2, -0.15) is 9.78 Å². The van der Waals surface area contributed by atoms with Gasteiger partial charge in [-0.25, -0.2) is 9.78 Å². The Balaban J connectivity index is 2.10. The fourth-order valence-corrected chi connectivity index (χ4v) is 2.40. The molecule has 1 heterocycles. The third-order valence-corrected chi connectivity index (χ3v) is 3.59. The third-order valence-electron chi connectivity index (χ3n) is 3.59. The zero-order valence-corrected chi connectivity index (χ0v) is 13.3. The molecule has 0 spiro atoms. The van der Waals surface area contributed by atoms with Gasteiger partial charge >= 0.3 is 5.97 Å². The topological polar surface area (TPSA) is 73.5 Å². The number of rotatable bonds is 3. The highest BCUT2D eigenvalue weighted by atomic mass is 16.5. The zero-order chi connectivity index (χ0) is 17.1. The summed E-state index contributed by atoms with van der Waals surface area (Å²) in [6.07, 6.45) is 1.46. The lowest BCUT2D eigenvalue weighted by Gasteiger charge is -2.06. The molecule has 3 aromatic rings. The van der Waals surface area contributed by atoms with Crippen LogP contribution in [0, 0.1) is 6.92 Å². The summed E-state index contributed by atoms with van der Waals surface area (Å²) in [5, 5.41) is 4.70. The summed E-state index contributed by atoms with van der Waals surface area (Å²) in [6, 6.07) is 14.0. The smallest absolute Gasteiger partial charge is 0.338 e. The van der Waals surface area contributed by atoms with Crippen molar-refractivity contribution in [3.8, 4) is 0 Å². The lowest BCUT2D eigenvalue weighted by atomic mass is 10.1. The van der Waals surface area contributed by atoms with Crippen LogP contribution >= 0.6 is 0 Å². The molecule has 0 N–H and O–H groups in total. The Morgan fingerprint density at radius 2 is 1.88 bits per heavy atom.